The summed E-state index contributed by atoms with van der Waals surface area (Å²) in [6, 6.07) is 9.08. The van der Waals surface area contributed by atoms with E-state index in [1.807, 2.05) is 12.1 Å². The van der Waals surface area contributed by atoms with E-state index in [2.05, 4.69) is 42.5 Å². The number of carbonyl (C=O) groups excluding carboxylic acids is 1. The van der Waals surface area contributed by atoms with Gasteiger partial charge in [0.25, 0.3) is 11.5 Å². The molecule has 0 spiro atoms. The van der Waals surface area contributed by atoms with Gasteiger partial charge in [0, 0.05) is 16.9 Å². The Kier molecular flexibility index (Phi) is 5.86. The van der Waals surface area contributed by atoms with E-state index >= 15 is 0 Å². The number of hydrazone groups is 1. The van der Waals surface area contributed by atoms with Crippen LogP contribution >= 0.6 is 15.9 Å². The van der Waals surface area contributed by atoms with Crippen molar-refractivity contribution in [3.63, 3.8) is 0 Å². The first-order chi connectivity index (χ1) is 17.8. The lowest BCUT2D eigenvalue weighted by Crippen LogP contribution is -2.48. The van der Waals surface area contributed by atoms with Crippen LogP contribution in [-0.4, -0.2) is 31.8 Å². The van der Waals surface area contributed by atoms with Gasteiger partial charge in [-0.1, -0.05) is 6.07 Å². The Balaban J connectivity index is 1.31. The van der Waals surface area contributed by atoms with E-state index in [0.29, 0.717) is 10.2 Å². The van der Waals surface area contributed by atoms with Crippen LogP contribution in [0.4, 0.5) is 0 Å². The second-order valence-corrected chi connectivity index (χ2v) is 11.5. The van der Waals surface area contributed by atoms with Crippen LogP contribution in [0.5, 0.6) is 5.88 Å². The summed E-state index contributed by atoms with van der Waals surface area (Å²) in [4.78, 5) is 43.5. The summed E-state index contributed by atoms with van der Waals surface area (Å²) in [5.41, 5.74) is 2.56. The molecule has 0 saturated heterocycles. The second-order valence-electron chi connectivity index (χ2n) is 10.6. The number of amides is 1. The lowest BCUT2D eigenvalue weighted by molar-refractivity contribution is -0.00521. The quantitative estimate of drug-likeness (QED) is 0.322. The van der Waals surface area contributed by atoms with E-state index in [9.17, 15) is 19.5 Å². The van der Waals surface area contributed by atoms with Crippen LogP contribution in [0, 0.1) is 17.8 Å². The third-order valence-electron chi connectivity index (χ3n) is 8.24. The first-order valence-corrected chi connectivity index (χ1v) is 13.2. The van der Waals surface area contributed by atoms with Crippen molar-refractivity contribution < 1.29 is 9.90 Å². The molecule has 7 rings (SSSR count). The summed E-state index contributed by atoms with van der Waals surface area (Å²) in [5.74, 6) is 1.30. The Morgan fingerprint density at radius 2 is 1.86 bits per heavy atom. The van der Waals surface area contributed by atoms with E-state index in [-0.39, 0.29) is 16.5 Å². The van der Waals surface area contributed by atoms with E-state index < -0.39 is 23.0 Å². The number of aromatic amines is 1. The predicted octanol–water partition coefficient (Wildman–Crippen LogP) is 3.62. The molecule has 4 fully saturated rings. The molecule has 0 radical (unpaired) electrons. The maximum absolute atomic E-state index is 12.7. The zero-order chi connectivity index (χ0) is 25.7. The molecule has 2 aromatic heterocycles. The molecule has 3 N–H and O–H groups in total. The monoisotopic (exact) mass is 563 g/mol. The minimum Gasteiger partial charge on any atom is -0.493 e. The fourth-order valence-electron chi connectivity index (χ4n) is 7.08. The molecule has 37 heavy (non-hydrogen) atoms. The highest BCUT2D eigenvalue weighted by molar-refractivity contribution is 9.10. The zero-order valence-corrected chi connectivity index (χ0v) is 21.6. The fourth-order valence-corrected chi connectivity index (χ4v) is 7.63. The van der Waals surface area contributed by atoms with Gasteiger partial charge in [-0.25, -0.2) is 14.8 Å². The van der Waals surface area contributed by atoms with Crippen molar-refractivity contribution in [3.05, 3.63) is 84.7 Å². The Labute approximate surface area is 220 Å². The van der Waals surface area contributed by atoms with Crippen molar-refractivity contribution in [1.82, 2.24) is 20.0 Å². The van der Waals surface area contributed by atoms with Crippen LogP contribution < -0.4 is 16.7 Å². The van der Waals surface area contributed by atoms with Crippen molar-refractivity contribution in [2.24, 2.45) is 22.9 Å². The molecule has 1 aromatic carbocycles. The van der Waals surface area contributed by atoms with Crippen molar-refractivity contribution in [2.75, 3.05) is 0 Å². The van der Waals surface area contributed by atoms with Gasteiger partial charge in [-0.2, -0.15) is 5.10 Å². The third-order valence-corrected chi connectivity index (χ3v) is 8.88. The molecule has 4 aliphatic carbocycles. The normalized spacial score (nSPS) is 26.0. The van der Waals surface area contributed by atoms with Crippen LogP contribution in [0.2, 0.25) is 0 Å². The van der Waals surface area contributed by atoms with Gasteiger partial charge in [-0.05, 0) is 107 Å². The average Bonchev–Trinajstić information content (AvgIpc) is 2.86. The maximum atomic E-state index is 12.7. The van der Waals surface area contributed by atoms with Crippen LogP contribution in [0.15, 0.2) is 61.9 Å². The Morgan fingerprint density at radius 1 is 1.16 bits per heavy atom. The maximum Gasteiger partial charge on any atom is 0.335 e. The number of hydrogen-bond donors (Lipinski definition) is 3. The number of carbonyl (C=O) groups is 1. The highest BCUT2D eigenvalue weighted by Gasteiger charge is 2.51. The smallest absolute Gasteiger partial charge is 0.335 e. The van der Waals surface area contributed by atoms with Crippen LogP contribution in [0.3, 0.4) is 0 Å². The molecule has 1 amide bonds. The molecule has 4 bridgehead atoms. The topological polar surface area (TPSA) is 129 Å². The van der Waals surface area contributed by atoms with Gasteiger partial charge in [0.15, 0.2) is 0 Å². The molecule has 0 unspecified atom stereocenters. The lowest BCUT2D eigenvalue weighted by atomic mass is 9.48. The number of rotatable bonds is 5. The Hall–Kier alpha value is -3.53. The van der Waals surface area contributed by atoms with Gasteiger partial charge in [0.05, 0.1) is 17.5 Å². The van der Waals surface area contributed by atoms with E-state index in [4.69, 9.17) is 0 Å². The molecule has 3 aromatic rings. The molecule has 0 aliphatic heterocycles. The molecule has 190 valence electrons. The number of hydrogen-bond acceptors (Lipinski definition) is 6. The van der Waals surface area contributed by atoms with Gasteiger partial charge >= 0.3 is 5.69 Å². The number of halogens is 1. The summed E-state index contributed by atoms with van der Waals surface area (Å²) in [7, 11) is 0. The van der Waals surface area contributed by atoms with Crippen molar-refractivity contribution >= 4 is 28.1 Å². The first-order valence-electron chi connectivity index (χ1n) is 12.4. The SMILES string of the molecule is O=C(N/N=C/c1c(O)n(-c2ccc(C34CC5CC(CC(C5)C3)C4)cc2Br)c(=O)[nH]c1=O)c1cccnc1. The average molecular weight is 564 g/mol. The number of nitrogens with zero attached hydrogens (tertiary/aromatic N) is 3. The largest absolute Gasteiger partial charge is 0.493 e. The van der Waals surface area contributed by atoms with Crippen LogP contribution in [0.25, 0.3) is 5.69 Å². The van der Waals surface area contributed by atoms with Crippen molar-refractivity contribution in [2.45, 2.75) is 43.9 Å². The zero-order valence-electron chi connectivity index (χ0n) is 20.0. The summed E-state index contributed by atoms with van der Waals surface area (Å²) in [5, 5.41) is 14.7. The van der Waals surface area contributed by atoms with Gasteiger partial charge < -0.3 is 5.11 Å². The number of nitrogens with one attached hydrogen (secondary N) is 2. The van der Waals surface area contributed by atoms with Crippen molar-refractivity contribution in [1.29, 1.82) is 0 Å². The number of pyridine rings is 1. The minimum absolute atomic E-state index is 0.179. The Morgan fingerprint density at radius 3 is 2.49 bits per heavy atom. The number of H-pyrrole nitrogens is 1. The third kappa shape index (κ3) is 4.22. The lowest BCUT2D eigenvalue weighted by Gasteiger charge is -2.57. The summed E-state index contributed by atoms with van der Waals surface area (Å²) in [6.07, 6.45) is 11.6. The van der Waals surface area contributed by atoms with Crippen LogP contribution in [-0.2, 0) is 5.41 Å². The summed E-state index contributed by atoms with van der Waals surface area (Å²) < 4.78 is 1.68. The van der Waals surface area contributed by atoms with Gasteiger partial charge in [-0.15, -0.1) is 0 Å². The molecule has 4 aliphatic rings. The highest BCUT2D eigenvalue weighted by atomic mass is 79.9. The second kappa shape index (κ2) is 9.09. The summed E-state index contributed by atoms with van der Waals surface area (Å²) >= 11 is 3.61. The molecular formula is C27H26BrN5O4. The van der Waals surface area contributed by atoms with Gasteiger partial charge in [-0.3, -0.25) is 19.6 Å². The predicted molar refractivity (Wildman–Crippen MR) is 141 cm³/mol. The molecular weight excluding hydrogens is 538 g/mol. The molecule has 9 nitrogen and oxygen atoms in total. The molecule has 0 atom stereocenters. The molecule has 10 heteroatoms. The van der Waals surface area contributed by atoms with Gasteiger partial charge in [0.2, 0.25) is 5.88 Å². The molecule has 2 heterocycles. The molecule has 4 saturated carbocycles. The number of aromatic hydroxyl groups is 1. The first kappa shape index (κ1) is 23.8. The van der Waals surface area contributed by atoms with E-state index in [1.54, 1.807) is 12.1 Å². The highest BCUT2D eigenvalue weighted by Crippen LogP contribution is 2.60. The van der Waals surface area contributed by atoms with Gasteiger partial charge in [0.1, 0.15) is 5.56 Å². The number of aromatic nitrogens is 3. The van der Waals surface area contributed by atoms with E-state index in [0.717, 1.165) is 28.5 Å². The fraction of sp³-hybridized carbons (Fsp3) is 0.370. The standard InChI is InChI=1S/C27H26BrN5O4/c28-21-9-19(27-10-15-6-16(11-27)8-17(7-15)12-27)3-4-22(21)33-25(36)20(24(35)31-26(33)37)14-30-32-23(34)18-2-1-5-29-13-18/h1-5,9,13-17,36H,6-8,10-12H2,(H,32,34)(H,31,35,37)/b30-14+. The Bertz CT molecular complexity index is 1490. The van der Waals surface area contributed by atoms with E-state index in [1.165, 1.54) is 56.5 Å². The minimum atomic E-state index is -0.820. The summed E-state index contributed by atoms with van der Waals surface area (Å²) in [6.45, 7) is 0. The van der Waals surface area contributed by atoms with Crippen molar-refractivity contribution in [3.8, 4) is 11.6 Å². The number of benzene rings is 1. The van der Waals surface area contributed by atoms with Crippen LogP contribution in [0.1, 0.15) is 60.0 Å².